The average Bonchev–Trinajstić information content (AvgIpc) is 3.25. The van der Waals surface area contributed by atoms with E-state index in [4.69, 9.17) is 0 Å². The van der Waals surface area contributed by atoms with Crippen LogP contribution in [0.25, 0.3) is 34.4 Å². The maximum absolute atomic E-state index is 2.18. The average molecular weight is 693 g/mol. The fourth-order valence-electron chi connectivity index (χ4n) is 5.84. The monoisotopic (exact) mass is 692 g/mol. The van der Waals surface area contributed by atoms with E-state index in [0.29, 0.717) is 0 Å². The Bertz CT molecular complexity index is 2130. The molecular formula is C54H44. The van der Waals surface area contributed by atoms with Gasteiger partial charge in [0, 0.05) is 0 Å². The van der Waals surface area contributed by atoms with Crippen LogP contribution in [0, 0.1) is 0 Å². The Hall–Kier alpha value is -7.02. The quantitative estimate of drug-likeness (QED) is 0.0997. The van der Waals surface area contributed by atoms with Crippen LogP contribution in [0.3, 0.4) is 0 Å². The Labute approximate surface area is 321 Å². The molecule has 0 bridgehead atoms. The van der Waals surface area contributed by atoms with E-state index in [-0.39, 0.29) is 0 Å². The Kier molecular flexibility index (Phi) is 14.1. The summed E-state index contributed by atoms with van der Waals surface area (Å²) in [4.78, 5) is 0. The Morgan fingerprint density at radius 3 is 0.778 bits per heavy atom. The lowest BCUT2D eigenvalue weighted by Gasteiger charge is -2.04. The highest BCUT2D eigenvalue weighted by Gasteiger charge is 2.00. The number of hydrogen-bond donors (Lipinski definition) is 0. The van der Waals surface area contributed by atoms with E-state index in [1.807, 2.05) is 12.1 Å². The molecule has 0 unspecified atom stereocenters. The maximum Gasteiger partial charge on any atom is -0.0184 e. The molecule has 0 heteroatoms. The van der Waals surface area contributed by atoms with Crippen molar-refractivity contribution in [3.8, 4) is 0 Å². The molecule has 0 fully saturated rings. The van der Waals surface area contributed by atoms with Gasteiger partial charge in [-0.2, -0.15) is 0 Å². The minimum atomic E-state index is 1.12. The molecule has 54 heavy (non-hydrogen) atoms. The summed E-state index contributed by atoms with van der Waals surface area (Å²) < 4.78 is 0. The van der Waals surface area contributed by atoms with Gasteiger partial charge in [0.2, 0.25) is 0 Å². The first-order valence-electron chi connectivity index (χ1n) is 18.4. The van der Waals surface area contributed by atoms with Crippen molar-refractivity contribution in [1.29, 1.82) is 0 Å². The maximum atomic E-state index is 2.18. The van der Waals surface area contributed by atoms with E-state index in [1.54, 1.807) is 0 Å². The van der Waals surface area contributed by atoms with Crippen LogP contribution in [0.1, 0.15) is 33.4 Å². The Morgan fingerprint density at radius 2 is 0.481 bits per heavy atom. The van der Waals surface area contributed by atoms with Gasteiger partial charge in [-0.1, -0.05) is 267 Å². The molecule has 0 nitrogen and oxygen atoms in total. The molecule has 0 aliphatic carbocycles. The summed E-state index contributed by atoms with van der Waals surface area (Å²) >= 11 is 0. The van der Waals surface area contributed by atoms with Crippen LogP contribution in [0.4, 0.5) is 0 Å². The molecule has 6 aromatic carbocycles. The van der Waals surface area contributed by atoms with E-state index in [2.05, 4.69) is 255 Å². The van der Waals surface area contributed by atoms with Gasteiger partial charge in [-0.25, -0.2) is 0 Å². The number of hydrogen-bond acceptors (Lipinski definition) is 0. The van der Waals surface area contributed by atoms with E-state index >= 15 is 0 Å². The summed E-state index contributed by atoms with van der Waals surface area (Å²) in [5.74, 6) is 0. The van der Waals surface area contributed by atoms with Crippen molar-refractivity contribution in [2.24, 2.45) is 0 Å². The predicted octanol–water partition coefficient (Wildman–Crippen LogP) is 14.4. The lowest BCUT2D eigenvalue weighted by molar-refractivity contribution is 1.60. The summed E-state index contributed by atoms with van der Waals surface area (Å²) in [5.41, 5.74) is 11.5. The minimum Gasteiger partial charge on any atom is -0.0622 e. The van der Waals surface area contributed by atoms with Crippen molar-refractivity contribution >= 4 is 34.4 Å². The second kappa shape index (κ2) is 20.7. The Morgan fingerprint density at radius 1 is 0.241 bits per heavy atom. The molecule has 0 aromatic heterocycles. The Balaban J connectivity index is 1.29. The fraction of sp³-hybridized carbons (Fsp3) is 0. The smallest absolute Gasteiger partial charge is 0.0184 e. The third-order valence-electron chi connectivity index (χ3n) is 8.70. The fourth-order valence-corrected chi connectivity index (χ4v) is 5.84. The SMILES string of the molecule is C(=CC=C(C=CC=C(C=Cc1ccccc1)c1ccccc1)c1ccccc1)C=C(C=CC=C(C=Cc1ccccc1)c1ccccc1)c1ccccc1. The largest absolute Gasteiger partial charge is 0.0622 e. The van der Waals surface area contributed by atoms with Crippen molar-refractivity contribution < 1.29 is 0 Å². The van der Waals surface area contributed by atoms with Crippen LogP contribution >= 0.6 is 0 Å². The molecule has 0 amide bonds. The van der Waals surface area contributed by atoms with E-state index in [0.717, 1.165) is 33.4 Å². The molecule has 0 saturated carbocycles. The molecule has 0 heterocycles. The molecule has 0 aliphatic heterocycles. The molecule has 0 N–H and O–H groups in total. The summed E-state index contributed by atoms with van der Waals surface area (Å²) in [6.45, 7) is 0. The van der Waals surface area contributed by atoms with Gasteiger partial charge >= 0.3 is 0 Å². The van der Waals surface area contributed by atoms with Gasteiger partial charge in [0.15, 0.2) is 0 Å². The molecule has 0 radical (unpaired) electrons. The second-order valence-electron chi connectivity index (χ2n) is 12.5. The number of benzene rings is 6. The van der Waals surface area contributed by atoms with Crippen LogP contribution < -0.4 is 0 Å². The highest BCUT2D eigenvalue weighted by atomic mass is 14.1. The standard InChI is InChI=1S/C54H44/c1-7-23-45(24-8-1)41-43-53(49-31-15-5-16-32-49)39-21-37-51(47-27-11-3-12-28-47)35-19-20-36-52(48-29-13-4-14-30-48)38-22-40-54(50-33-17-6-18-34-50)44-42-46-25-9-2-10-26-46/h1-44H. The van der Waals surface area contributed by atoms with Crippen LogP contribution in [-0.4, -0.2) is 0 Å². The van der Waals surface area contributed by atoms with Crippen molar-refractivity contribution in [3.63, 3.8) is 0 Å². The zero-order chi connectivity index (χ0) is 36.9. The highest BCUT2D eigenvalue weighted by Crippen LogP contribution is 2.22. The first-order valence-corrected chi connectivity index (χ1v) is 18.4. The number of allylic oxidation sites excluding steroid dienone is 16. The molecule has 6 aromatic rings. The van der Waals surface area contributed by atoms with Gasteiger partial charge in [0.1, 0.15) is 0 Å². The molecule has 0 atom stereocenters. The van der Waals surface area contributed by atoms with Crippen LogP contribution in [-0.2, 0) is 0 Å². The van der Waals surface area contributed by atoms with Crippen molar-refractivity contribution in [2.75, 3.05) is 0 Å². The van der Waals surface area contributed by atoms with Gasteiger partial charge in [-0.3, -0.25) is 0 Å². The normalized spacial score (nSPS) is 13.3. The van der Waals surface area contributed by atoms with Crippen LogP contribution in [0.15, 0.2) is 255 Å². The van der Waals surface area contributed by atoms with Gasteiger partial charge in [0.25, 0.3) is 0 Å². The molecular weight excluding hydrogens is 649 g/mol. The lowest BCUT2D eigenvalue weighted by atomic mass is 10.0. The van der Waals surface area contributed by atoms with Crippen molar-refractivity contribution in [3.05, 3.63) is 288 Å². The third kappa shape index (κ3) is 11.8. The number of rotatable bonds is 14. The second-order valence-corrected chi connectivity index (χ2v) is 12.5. The van der Waals surface area contributed by atoms with Crippen LogP contribution in [0.5, 0.6) is 0 Å². The first-order chi connectivity index (χ1) is 26.8. The summed E-state index contributed by atoms with van der Waals surface area (Å²) in [7, 11) is 0. The minimum absolute atomic E-state index is 1.12. The van der Waals surface area contributed by atoms with Gasteiger partial charge in [0.05, 0.1) is 0 Å². The van der Waals surface area contributed by atoms with Crippen LogP contribution in [0.2, 0.25) is 0 Å². The van der Waals surface area contributed by atoms with Gasteiger partial charge < -0.3 is 0 Å². The molecule has 0 aliphatic rings. The predicted molar refractivity (Wildman–Crippen MR) is 236 cm³/mol. The van der Waals surface area contributed by atoms with E-state index in [9.17, 15) is 0 Å². The third-order valence-corrected chi connectivity index (χ3v) is 8.70. The van der Waals surface area contributed by atoms with Gasteiger partial charge in [-0.15, -0.1) is 0 Å². The highest BCUT2D eigenvalue weighted by molar-refractivity contribution is 5.83. The summed E-state index contributed by atoms with van der Waals surface area (Å²) in [6, 6.07) is 62.9. The van der Waals surface area contributed by atoms with Crippen molar-refractivity contribution in [2.45, 2.75) is 0 Å². The summed E-state index contributed by atoms with van der Waals surface area (Å²) in [6.07, 6.45) is 30.3. The molecule has 260 valence electrons. The van der Waals surface area contributed by atoms with Gasteiger partial charge in [-0.05, 0) is 55.7 Å². The zero-order valence-corrected chi connectivity index (χ0v) is 30.4. The van der Waals surface area contributed by atoms with E-state index in [1.165, 1.54) is 22.3 Å². The first kappa shape index (κ1) is 36.8. The summed E-state index contributed by atoms with van der Waals surface area (Å²) in [5, 5.41) is 0. The van der Waals surface area contributed by atoms with Crippen molar-refractivity contribution in [1.82, 2.24) is 0 Å². The lowest BCUT2D eigenvalue weighted by Crippen LogP contribution is -1.82. The molecule has 0 saturated heterocycles. The van der Waals surface area contributed by atoms with E-state index < -0.39 is 0 Å². The zero-order valence-electron chi connectivity index (χ0n) is 30.4. The molecule has 6 rings (SSSR count). The molecule has 0 spiro atoms. The topological polar surface area (TPSA) is 0 Å².